The fourth-order valence-corrected chi connectivity index (χ4v) is 3.26. The number of nitrogens with one attached hydrogen (secondary N) is 2. The van der Waals surface area contributed by atoms with E-state index in [9.17, 15) is 0 Å². The normalized spacial score (nSPS) is 11.8. The monoisotopic (exact) mass is 430 g/mol. The maximum atomic E-state index is 5.66. The van der Waals surface area contributed by atoms with Gasteiger partial charge in [0.25, 0.3) is 0 Å². The molecule has 31 heavy (non-hydrogen) atoms. The van der Waals surface area contributed by atoms with E-state index in [2.05, 4.69) is 54.8 Å². The lowest BCUT2D eigenvalue weighted by Crippen LogP contribution is -2.36. The van der Waals surface area contributed by atoms with E-state index in [1.165, 1.54) is 0 Å². The summed E-state index contributed by atoms with van der Waals surface area (Å²) in [6.45, 7) is 12.8. The summed E-state index contributed by atoms with van der Waals surface area (Å²) in [6, 6.07) is 10.4. The summed E-state index contributed by atoms with van der Waals surface area (Å²) in [7, 11) is 0. The fraction of sp³-hybridized carbons (Fsp3) is 0.583. The summed E-state index contributed by atoms with van der Waals surface area (Å²) in [5, 5.41) is 10.8. The van der Waals surface area contributed by atoms with E-state index in [1.54, 1.807) is 0 Å². The van der Waals surface area contributed by atoms with Crippen molar-refractivity contribution in [3.8, 4) is 0 Å². The van der Waals surface area contributed by atoms with Crippen LogP contribution in [0.1, 0.15) is 69.0 Å². The number of rotatable bonds is 14. The Morgan fingerprint density at radius 1 is 1.03 bits per heavy atom. The molecular formula is C24H38N4O3. The average Bonchev–Trinajstić information content (AvgIpc) is 3.25. The Kier molecular flexibility index (Phi) is 11.7. The molecule has 0 radical (unpaired) electrons. The summed E-state index contributed by atoms with van der Waals surface area (Å²) >= 11 is 0. The first-order valence-corrected chi connectivity index (χ1v) is 11.4. The van der Waals surface area contributed by atoms with Crippen LogP contribution in [-0.4, -0.2) is 37.5 Å². The maximum Gasteiger partial charge on any atom is 0.191 e. The van der Waals surface area contributed by atoms with Gasteiger partial charge in [0.05, 0.1) is 38.6 Å². The Labute approximate surface area is 186 Å². The number of benzene rings is 1. The summed E-state index contributed by atoms with van der Waals surface area (Å²) in [5.41, 5.74) is 3.31. The lowest BCUT2D eigenvalue weighted by Gasteiger charge is -2.10. The zero-order valence-corrected chi connectivity index (χ0v) is 19.4. The van der Waals surface area contributed by atoms with Crippen LogP contribution in [0.3, 0.4) is 0 Å². The Bertz CT molecular complexity index is 772. The molecule has 0 atom stereocenters. The van der Waals surface area contributed by atoms with Gasteiger partial charge in [0.2, 0.25) is 0 Å². The molecule has 1 aromatic heterocycles. The van der Waals surface area contributed by atoms with Gasteiger partial charge in [-0.2, -0.15) is 0 Å². The van der Waals surface area contributed by atoms with Crippen molar-refractivity contribution in [1.82, 2.24) is 15.8 Å². The van der Waals surface area contributed by atoms with Crippen molar-refractivity contribution in [3.05, 3.63) is 52.9 Å². The van der Waals surface area contributed by atoms with Crippen LogP contribution in [-0.2, 0) is 29.2 Å². The highest BCUT2D eigenvalue weighted by Crippen LogP contribution is 2.22. The van der Waals surface area contributed by atoms with Crippen LogP contribution >= 0.6 is 0 Å². The van der Waals surface area contributed by atoms with Crippen molar-refractivity contribution in [1.29, 1.82) is 0 Å². The van der Waals surface area contributed by atoms with Crippen LogP contribution in [0, 0.1) is 0 Å². The molecule has 7 nitrogen and oxygen atoms in total. The third-order valence-electron chi connectivity index (χ3n) is 5.01. The second kappa shape index (κ2) is 14.6. The van der Waals surface area contributed by atoms with Gasteiger partial charge in [-0.15, -0.1) is 0 Å². The Hall–Kier alpha value is -2.38. The number of ether oxygens (including phenoxy) is 2. The minimum atomic E-state index is 0.454. The Morgan fingerprint density at radius 2 is 1.81 bits per heavy atom. The van der Waals surface area contributed by atoms with Gasteiger partial charge >= 0.3 is 0 Å². The van der Waals surface area contributed by atoms with Gasteiger partial charge in [-0.3, -0.25) is 0 Å². The third kappa shape index (κ3) is 9.11. The molecule has 1 heterocycles. The van der Waals surface area contributed by atoms with Crippen LogP contribution < -0.4 is 10.6 Å². The van der Waals surface area contributed by atoms with E-state index in [-0.39, 0.29) is 0 Å². The van der Waals surface area contributed by atoms with E-state index >= 15 is 0 Å². The molecule has 0 aliphatic rings. The molecule has 0 aliphatic carbocycles. The van der Waals surface area contributed by atoms with Crippen molar-refractivity contribution >= 4 is 5.96 Å². The topological polar surface area (TPSA) is 80.9 Å². The highest BCUT2D eigenvalue weighted by Gasteiger charge is 2.13. The number of hydrogen-bond donors (Lipinski definition) is 2. The molecule has 1 aromatic carbocycles. The quantitative estimate of drug-likeness (QED) is 0.263. The largest absolute Gasteiger partial charge is 0.379 e. The van der Waals surface area contributed by atoms with Gasteiger partial charge in [-0.1, -0.05) is 43.3 Å². The highest BCUT2D eigenvalue weighted by molar-refractivity contribution is 5.79. The van der Waals surface area contributed by atoms with Crippen molar-refractivity contribution in [2.24, 2.45) is 4.99 Å². The molecule has 2 aromatic rings. The van der Waals surface area contributed by atoms with Crippen LogP contribution in [0.15, 0.2) is 39.8 Å². The number of aromatic nitrogens is 1. The molecule has 2 rings (SSSR count). The SMILES string of the molecule is CCNC(=NCc1cccc(COCCOCC)c1)NCc1cc(C(CC)CC)no1. The first kappa shape index (κ1) is 24.9. The lowest BCUT2D eigenvalue weighted by atomic mass is 9.99. The van der Waals surface area contributed by atoms with Crippen LogP contribution in [0.4, 0.5) is 0 Å². The van der Waals surface area contributed by atoms with Crippen LogP contribution in [0.5, 0.6) is 0 Å². The number of hydrogen-bond acceptors (Lipinski definition) is 5. The molecular weight excluding hydrogens is 392 g/mol. The number of nitrogens with zero attached hydrogens (tertiary/aromatic N) is 2. The van der Waals surface area contributed by atoms with Gasteiger partial charge in [0, 0.05) is 25.1 Å². The average molecular weight is 431 g/mol. The van der Waals surface area contributed by atoms with E-state index in [4.69, 9.17) is 19.0 Å². The van der Waals surface area contributed by atoms with Gasteiger partial charge in [-0.05, 0) is 37.8 Å². The molecule has 0 bridgehead atoms. The molecule has 0 saturated carbocycles. The van der Waals surface area contributed by atoms with E-state index < -0.39 is 0 Å². The van der Waals surface area contributed by atoms with Gasteiger partial charge in [0.15, 0.2) is 11.7 Å². The Balaban J connectivity index is 1.88. The maximum absolute atomic E-state index is 5.66. The minimum Gasteiger partial charge on any atom is -0.379 e. The number of aliphatic imine (C=N–C) groups is 1. The predicted molar refractivity (Wildman–Crippen MR) is 124 cm³/mol. The van der Waals surface area contributed by atoms with Gasteiger partial charge in [-0.25, -0.2) is 4.99 Å². The summed E-state index contributed by atoms with van der Waals surface area (Å²) in [6.07, 6.45) is 2.13. The molecule has 0 unspecified atom stereocenters. The summed E-state index contributed by atoms with van der Waals surface area (Å²) in [5.74, 6) is 2.02. The summed E-state index contributed by atoms with van der Waals surface area (Å²) < 4.78 is 16.5. The van der Waals surface area contributed by atoms with E-state index in [1.807, 2.05) is 19.1 Å². The van der Waals surface area contributed by atoms with Crippen molar-refractivity contribution in [2.75, 3.05) is 26.4 Å². The van der Waals surface area contributed by atoms with E-state index in [0.29, 0.717) is 45.4 Å². The molecule has 0 aliphatic heterocycles. The fourth-order valence-electron chi connectivity index (χ4n) is 3.26. The van der Waals surface area contributed by atoms with Crippen LogP contribution in [0.25, 0.3) is 0 Å². The van der Waals surface area contributed by atoms with Crippen molar-refractivity contribution in [3.63, 3.8) is 0 Å². The van der Waals surface area contributed by atoms with Crippen molar-refractivity contribution in [2.45, 2.75) is 66.2 Å². The molecule has 2 N–H and O–H groups in total. The lowest BCUT2D eigenvalue weighted by molar-refractivity contribution is 0.0453. The molecule has 0 amide bonds. The molecule has 7 heteroatoms. The molecule has 0 fully saturated rings. The molecule has 0 spiro atoms. The first-order chi connectivity index (χ1) is 15.2. The van der Waals surface area contributed by atoms with Gasteiger partial charge in [0.1, 0.15) is 0 Å². The van der Waals surface area contributed by atoms with Crippen molar-refractivity contribution < 1.29 is 14.0 Å². The standard InChI is InChI=1S/C24H38N4O3/c1-5-21(6-2)23-15-22(31-28-23)17-27-24(25-7-3)26-16-19-10-9-11-20(14-19)18-30-13-12-29-8-4/h9-11,14-15,21H,5-8,12-13,16-18H2,1-4H3,(H2,25,26,27). The zero-order chi connectivity index (χ0) is 22.3. The molecule has 172 valence electrons. The minimum absolute atomic E-state index is 0.454. The van der Waals surface area contributed by atoms with Crippen LogP contribution in [0.2, 0.25) is 0 Å². The zero-order valence-electron chi connectivity index (χ0n) is 19.4. The smallest absolute Gasteiger partial charge is 0.191 e. The first-order valence-electron chi connectivity index (χ1n) is 11.4. The second-order valence-electron chi connectivity index (χ2n) is 7.35. The molecule has 0 saturated heterocycles. The second-order valence-corrected chi connectivity index (χ2v) is 7.35. The Morgan fingerprint density at radius 3 is 2.55 bits per heavy atom. The summed E-state index contributed by atoms with van der Waals surface area (Å²) in [4.78, 5) is 4.71. The van der Waals surface area contributed by atoms with Gasteiger partial charge < -0.3 is 24.6 Å². The predicted octanol–water partition coefficient (Wildman–Crippen LogP) is 4.39. The van der Waals surface area contributed by atoms with E-state index in [0.717, 1.165) is 47.9 Å². The highest BCUT2D eigenvalue weighted by atomic mass is 16.5. The third-order valence-corrected chi connectivity index (χ3v) is 5.01. The number of guanidine groups is 1.